The van der Waals surface area contributed by atoms with E-state index in [2.05, 4.69) is 14.9 Å². The normalized spacial score (nSPS) is 30.5. The first-order valence-electron chi connectivity index (χ1n) is 14.7. The lowest BCUT2D eigenvalue weighted by atomic mass is 9.98. The van der Waals surface area contributed by atoms with Crippen LogP contribution < -0.4 is 20.2 Å². The van der Waals surface area contributed by atoms with Gasteiger partial charge in [-0.3, -0.25) is 15.0 Å². The molecular weight excluding hydrogens is 551 g/mol. The fourth-order valence-corrected chi connectivity index (χ4v) is 6.80. The molecule has 4 aliphatic heterocycles. The molecule has 4 fully saturated rings. The van der Waals surface area contributed by atoms with E-state index < -0.39 is 35.2 Å². The predicted molar refractivity (Wildman–Crippen MR) is 148 cm³/mol. The van der Waals surface area contributed by atoms with E-state index in [0.29, 0.717) is 39.1 Å². The number of carbonyl (C=O) groups is 1. The minimum Gasteiger partial charge on any atom is -0.507 e. The Balaban J connectivity index is 1.32. The number of alkyl halides is 1. The van der Waals surface area contributed by atoms with Crippen LogP contribution in [0.1, 0.15) is 59.8 Å². The highest BCUT2D eigenvalue weighted by Gasteiger charge is 2.53. The van der Waals surface area contributed by atoms with Crippen molar-refractivity contribution in [2.24, 2.45) is 5.41 Å². The largest absolute Gasteiger partial charge is 0.507 e. The number of rotatable bonds is 6. The molecule has 3 saturated heterocycles. The molecule has 13 nitrogen and oxygen atoms in total. The van der Waals surface area contributed by atoms with Gasteiger partial charge in [0, 0.05) is 38.1 Å². The molecule has 0 radical (unpaired) electrons. The van der Waals surface area contributed by atoms with Crippen molar-refractivity contribution in [3.05, 3.63) is 10.6 Å². The lowest BCUT2D eigenvalue weighted by Crippen LogP contribution is -2.64. The fourth-order valence-electron chi connectivity index (χ4n) is 6.80. The summed E-state index contributed by atoms with van der Waals surface area (Å²) >= 11 is 0. The van der Waals surface area contributed by atoms with Crippen LogP contribution in [0.2, 0.25) is 0 Å². The third-order valence-corrected chi connectivity index (χ3v) is 9.08. The number of ether oxygens (including phenoxy) is 2. The molecule has 1 saturated carbocycles. The number of aliphatic hydroxyl groups is 3. The van der Waals surface area contributed by atoms with Gasteiger partial charge in [-0.05, 0) is 59.8 Å². The Kier molecular flexibility index (Phi) is 6.89. The van der Waals surface area contributed by atoms with Gasteiger partial charge in [-0.1, -0.05) is 0 Å². The molecule has 1 amide bonds. The van der Waals surface area contributed by atoms with Gasteiger partial charge in [0.2, 0.25) is 12.1 Å². The van der Waals surface area contributed by atoms with Crippen molar-refractivity contribution < 1.29 is 39.2 Å². The molecule has 6 rings (SSSR count). The highest BCUT2D eigenvalue weighted by molar-refractivity contribution is 5.71. The Morgan fingerprint density at radius 3 is 2.50 bits per heavy atom. The molecule has 4 atom stereocenters. The summed E-state index contributed by atoms with van der Waals surface area (Å²) in [5.74, 6) is -1.15. The van der Waals surface area contributed by atoms with Crippen LogP contribution in [-0.2, 0) is 4.74 Å². The predicted octanol–water partition coefficient (Wildman–Crippen LogP) is 0.971. The maximum Gasteiger partial charge on any atom is 0.411 e. The molecule has 4 N–H and O–H groups in total. The Bertz CT molecular complexity index is 1380. The lowest BCUT2D eigenvalue weighted by Gasteiger charge is -2.47. The Morgan fingerprint density at radius 2 is 1.88 bits per heavy atom. The summed E-state index contributed by atoms with van der Waals surface area (Å²) in [7, 11) is 0. The van der Waals surface area contributed by atoms with Crippen molar-refractivity contribution in [2.45, 2.75) is 89.4 Å². The summed E-state index contributed by atoms with van der Waals surface area (Å²) < 4.78 is 25.5. The number of hydrogen-bond acceptors (Lipinski definition) is 12. The first-order valence-corrected chi connectivity index (χ1v) is 14.7. The van der Waals surface area contributed by atoms with Gasteiger partial charge in [0.25, 0.3) is 0 Å². The molecule has 0 spiro atoms. The van der Waals surface area contributed by atoms with Gasteiger partial charge in [-0.15, -0.1) is 0 Å². The van der Waals surface area contributed by atoms with E-state index in [0.717, 1.165) is 25.7 Å². The zero-order valence-electron chi connectivity index (χ0n) is 24.6. The number of carbonyl (C=O) groups excluding carboxylic acids is 1. The lowest BCUT2D eigenvalue weighted by molar-refractivity contribution is -0.149. The van der Waals surface area contributed by atoms with Crippen molar-refractivity contribution in [3.8, 4) is 6.01 Å². The fraction of sp³-hybridized carbons (Fsp3) is 0.750. The number of amides is 1. The second kappa shape index (κ2) is 9.98. The van der Waals surface area contributed by atoms with Crippen LogP contribution in [0.4, 0.5) is 15.0 Å². The smallest absolute Gasteiger partial charge is 0.411 e. The molecule has 42 heavy (non-hydrogen) atoms. The van der Waals surface area contributed by atoms with E-state index >= 15 is 0 Å². The average molecular weight is 593 g/mol. The standard InChI is InChI=1S/C28H41FN6O7/c1-26(2,3)42-25(39)34-17-5-7-27(34,4)13-33(12-17)21-18-19(22(37)35(40)23(38)20(18)36)30-24(31-21)41-15-28(8-9-28)14-32-10-6-16(29)11-32/h16-17,23,36-38,40H,5-15H2,1-4H3/t16-,17-,23?,27+/m1/s1. The number of aromatic nitrogens is 2. The van der Waals surface area contributed by atoms with Gasteiger partial charge in [-0.2, -0.15) is 15.0 Å². The number of hydroxylamine groups is 2. The van der Waals surface area contributed by atoms with Crippen LogP contribution in [0.3, 0.4) is 0 Å². The minimum absolute atomic E-state index is 0.0152. The molecule has 0 aromatic carbocycles. The van der Waals surface area contributed by atoms with E-state index in [9.17, 15) is 29.7 Å². The number of anilines is 1. The number of nitrogens with zero attached hydrogens (tertiary/aromatic N) is 6. The van der Waals surface area contributed by atoms with Crippen molar-refractivity contribution in [1.82, 2.24) is 24.8 Å². The monoisotopic (exact) mass is 592 g/mol. The number of aliphatic hydroxyl groups excluding tert-OH is 3. The van der Waals surface area contributed by atoms with Crippen LogP contribution in [0.15, 0.2) is 0 Å². The summed E-state index contributed by atoms with van der Waals surface area (Å²) in [6.07, 6.45) is 0.732. The first-order chi connectivity index (χ1) is 19.7. The first kappa shape index (κ1) is 29.0. The number of likely N-dealkylation sites (tertiary alicyclic amines) is 1. The van der Waals surface area contributed by atoms with Crippen molar-refractivity contribution in [2.75, 3.05) is 44.2 Å². The molecule has 1 aromatic heterocycles. The number of halogens is 1. The number of hydrogen-bond donors (Lipinski definition) is 4. The maximum atomic E-state index is 13.7. The topological polar surface area (TPSA) is 155 Å². The molecule has 2 bridgehead atoms. The maximum absolute atomic E-state index is 13.7. The quantitative estimate of drug-likeness (QED) is 0.372. The molecular formula is C28H41FN6O7. The molecule has 5 aliphatic rings. The third-order valence-electron chi connectivity index (χ3n) is 9.08. The van der Waals surface area contributed by atoms with Gasteiger partial charge in [0.1, 0.15) is 22.9 Å². The molecule has 1 aromatic rings. The highest BCUT2D eigenvalue weighted by atomic mass is 19.1. The zero-order chi connectivity index (χ0) is 30.2. The van der Waals surface area contributed by atoms with Gasteiger partial charge in [0.15, 0.2) is 5.76 Å². The Hall–Kier alpha value is -3.10. The average Bonchev–Trinajstić information content (AvgIpc) is 3.49. The summed E-state index contributed by atoms with van der Waals surface area (Å²) in [5, 5.41) is 42.3. The van der Waals surface area contributed by atoms with Crippen molar-refractivity contribution in [3.63, 3.8) is 0 Å². The Morgan fingerprint density at radius 1 is 1.14 bits per heavy atom. The zero-order valence-corrected chi connectivity index (χ0v) is 24.6. The van der Waals surface area contributed by atoms with Gasteiger partial charge >= 0.3 is 12.1 Å². The number of fused-ring (bicyclic) bond motifs is 3. The second-order valence-corrected chi connectivity index (χ2v) is 13.8. The minimum atomic E-state index is -1.92. The van der Waals surface area contributed by atoms with Crippen LogP contribution in [-0.4, -0.2) is 120 Å². The SMILES string of the molecule is CC(C)(C)OC(=O)N1[C@@H]2CC[C@@]1(C)CN(c1nc(OCC3(CN4CC[C@@H](F)C4)CC3)nc3c1=C(O)C(O)N(O)C=3O)C2. The third kappa shape index (κ3) is 5.17. The second-order valence-electron chi connectivity index (χ2n) is 13.8. The molecule has 232 valence electrons. The summed E-state index contributed by atoms with van der Waals surface area (Å²) in [4.78, 5) is 27.9. The summed E-state index contributed by atoms with van der Waals surface area (Å²) in [6, 6.07) is -0.262. The van der Waals surface area contributed by atoms with E-state index in [1.165, 1.54) is 0 Å². The molecule has 1 unspecified atom stereocenters. The Labute approximate surface area is 243 Å². The van der Waals surface area contributed by atoms with Gasteiger partial charge in [-0.25, -0.2) is 9.18 Å². The molecule has 14 heteroatoms. The molecule has 5 heterocycles. The van der Waals surface area contributed by atoms with Crippen molar-refractivity contribution >= 4 is 23.6 Å². The van der Waals surface area contributed by atoms with Crippen LogP contribution >= 0.6 is 0 Å². The van der Waals surface area contributed by atoms with E-state index in [1.807, 2.05) is 32.6 Å². The molecule has 1 aliphatic carbocycles. The number of piperazine rings is 1. The van der Waals surface area contributed by atoms with Crippen LogP contribution in [0, 0.1) is 5.41 Å². The summed E-state index contributed by atoms with van der Waals surface area (Å²) in [6.45, 7) is 10.3. The van der Waals surface area contributed by atoms with Gasteiger partial charge in [0.05, 0.1) is 23.4 Å². The summed E-state index contributed by atoms with van der Waals surface area (Å²) in [5.41, 5.74) is -1.40. The van der Waals surface area contributed by atoms with Crippen LogP contribution in [0.25, 0.3) is 11.6 Å². The van der Waals surface area contributed by atoms with Gasteiger partial charge < -0.3 is 29.7 Å². The van der Waals surface area contributed by atoms with E-state index in [4.69, 9.17) is 9.47 Å². The van der Waals surface area contributed by atoms with E-state index in [1.54, 1.807) is 4.90 Å². The highest BCUT2D eigenvalue weighted by Crippen LogP contribution is 2.47. The van der Waals surface area contributed by atoms with E-state index in [-0.39, 0.29) is 51.6 Å². The van der Waals surface area contributed by atoms with Crippen molar-refractivity contribution in [1.29, 1.82) is 0 Å². The van der Waals surface area contributed by atoms with Crippen LogP contribution in [0.5, 0.6) is 6.01 Å².